The summed E-state index contributed by atoms with van der Waals surface area (Å²) >= 11 is 5.87. The molecule has 0 amide bonds. The minimum absolute atomic E-state index is 0.00766. The number of rotatable bonds is 5. The Morgan fingerprint density at radius 1 is 1.03 bits per heavy atom. The molecule has 7 nitrogen and oxygen atoms in total. The highest BCUT2D eigenvalue weighted by Crippen LogP contribution is 2.29. The number of fused-ring (bicyclic) bond motifs is 1. The van der Waals surface area contributed by atoms with Gasteiger partial charge in [0.05, 0.1) is 40.1 Å². The van der Waals surface area contributed by atoms with E-state index in [-0.39, 0.29) is 5.02 Å². The van der Waals surface area contributed by atoms with Crippen LogP contribution in [0.15, 0.2) is 61.1 Å². The highest BCUT2D eigenvalue weighted by Gasteiger charge is 2.10. The van der Waals surface area contributed by atoms with Gasteiger partial charge in [-0.05, 0) is 42.5 Å². The molecule has 4 rings (SSSR count). The summed E-state index contributed by atoms with van der Waals surface area (Å²) in [7, 11) is -3.43. The Kier molecular flexibility index (Phi) is 5.23. The Bertz CT molecular complexity index is 1360. The number of nitrogens with zero attached hydrogens (tertiary/aromatic N) is 3. The molecule has 0 bridgehead atoms. The van der Waals surface area contributed by atoms with E-state index in [1.807, 2.05) is 0 Å². The Labute approximate surface area is 177 Å². The van der Waals surface area contributed by atoms with E-state index in [4.69, 9.17) is 11.6 Å². The lowest BCUT2D eigenvalue weighted by Gasteiger charge is -2.11. The molecule has 3 aromatic heterocycles. The van der Waals surface area contributed by atoms with Crippen molar-refractivity contribution in [2.45, 2.75) is 0 Å². The van der Waals surface area contributed by atoms with Crippen LogP contribution >= 0.6 is 11.6 Å². The molecule has 2 N–H and O–H groups in total. The fraction of sp³-hybridized carbons (Fsp3) is 0.0500. The first kappa shape index (κ1) is 20.0. The van der Waals surface area contributed by atoms with Gasteiger partial charge in [-0.2, -0.15) is 0 Å². The van der Waals surface area contributed by atoms with Gasteiger partial charge >= 0.3 is 0 Å². The first-order chi connectivity index (χ1) is 14.3. The van der Waals surface area contributed by atoms with Crippen LogP contribution in [0.25, 0.3) is 22.3 Å². The Morgan fingerprint density at radius 3 is 2.63 bits per heavy atom. The van der Waals surface area contributed by atoms with E-state index >= 15 is 0 Å². The minimum atomic E-state index is -3.43. The van der Waals surface area contributed by atoms with Gasteiger partial charge in [-0.15, -0.1) is 0 Å². The lowest BCUT2D eigenvalue weighted by atomic mass is 10.1. The molecule has 3 heterocycles. The van der Waals surface area contributed by atoms with Gasteiger partial charge in [-0.1, -0.05) is 11.6 Å². The second-order valence-electron chi connectivity index (χ2n) is 6.51. The number of anilines is 3. The molecule has 1 aromatic carbocycles. The van der Waals surface area contributed by atoms with Gasteiger partial charge in [0.25, 0.3) is 0 Å². The number of aromatic nitrogens is 3. The summed E-state index contributed by atoms with van der Waals surface area (Å²) in [6, 6.07) is 11.3. The van der Waals surface area contributed by atoms with Gasteiger partial charge in [0.1, 0.15) is 11.3 Å². The SMILES string of the molecule is CS(=O)(=O)Nc1cncc(-c2ccc3nccc(Nc4ccc(F)c(Cl)c4)c3n2)c1. The van der Waals surface area contributed by atoms with E-state index in [0.717, 1.165) is 6.26 Å². The minimum Gasteiger partial charge on any atom is -0.354 e. The number of hydrogen-bond acceptors (Lipinski definition) is 6. The quantitative estimate of drug-likeness (QED) is 0.468. The van der Waals surface area contributed by atoms with Crippen molar-refractivity contribution in [3.05, 3.63) is 71.9 Å². The lowest BCUT2D eigenvalue weighted by molar-refractivity contribution is 0.606. The topological polar surface area (TPSA) is 96.9 Å². The molecule has 0 spiro atoms. The van der Waals surface area contributed by atoms with Crippen LogP contribution in [-0.2, 0) is 10.0 Å². The van der Waals surface area contributed by atoms with Crippen molar-refractivity contribution >= 4 is 49.7 Å². The molecule has 0 aliphatic carbocycles. The maximum Gasteiger partial charge on any atom is 0.229 e. The van der Waals surface area contributed by atoms with Crippen molar-refractivity contribution in [1.82, 2.24) is 15.0 Å². The van der Waals surface area contributed by atoms with Gasteiger partial charge < -0.3 is 5.32 Å². The van der Waals surface area contributed by atoms with E-state index in [1.54, 1.807) is 42.7 Å². The molecule has 0 atom stereocenters. The summed E-state index contributed by atoms with van der Waals surface area (Å²) in [5.41, 5.74) is 4.03. The average molecular weight is 444 g/mol. The molecule has 0 aliphatic rings. The summed E-state index contributed by atoms with van der Waals surface area (Å²) < 4.78 is 38.8. The second-order valence-corrected chi connectivity index (χ2v) is 8.67. The average Bonchev–Trinajstić information content (AvgIpc) is 2.70. The van der Waals surface area contributed by atoms with Crippen LogP contribution in [0, 0.1) is 5.82 Å². The number of halogens is 2. The summed E-state index contributed by atoms with van der Waals surface area (Å²) in [6.45, 7) is 0. The van der Waals surface area contributed by atoms with Crippen LogP contribution in [0.4, 0.5) is 21.5 Å². The molecular formula is C20H15ClFN5O2S. The van der Waals surface area contributed by atoms with Gasteiger partial charge in [-0.3, -0.25) is 14.7 Å². The first-order valence-electron chi connectivity index (χ1n) is 8.69. The summed E-state index contributed by atoms with van der Waals surface area (Å²) in [5.74, 6) is -0.503. The second kappa shape index (κ2) is 7.85. The molecule has 10 heteroatoms. The van der Waals surface area contributed by atoms with E-state index in [0.29, 0.717) is 39.4 Å². The van der Waals surface area contributed by atoms with Crippen LogP contribution < -0.4 is 10.0 Å². The van der Waals surface area contributed by atoms with Crippen LogP contribution in [0.3, 0.4) is 0 Å². The molecular weight excluding hydrogens is 429 g/mol. The van der Waals surface area contributed by atoms with E-state index < -0.39 is 15.8 Å². The van der Waals surface area contributed by atoms with Crippen molar-refractivity contribution in [2.24, 2.45) is 0 Å². The maximum atomic E-state index is 13.4. The molecule has 0 saturated carbocycles. The Hall–Kier alpha value is -3.30. The summed E-state index contributed by atoms with van der Waals surface area (Å²) in [4.78, 5) is 13.1. The van der Waals surface area contributed by atoms with Crippen molar-refractivity contribution in [2.75, 3.05) is 16.3 Å². The Morgan fingerprint density at radius 2 is 1.87 bits per heavy atom. The summed E-state index contributed by atoms with van der Waals surface area (Å²) in [5, 5.41) is 3.18. The molecule has 30 heavy (non-hydrogen) atoms. The third kappa shape index (κ3) is 4.47. The number of nitrogens with one attached hydrogen (secondary N) is 2. The monoisotopic (exact) mass is 443 g/mol. The van der Waals surface area contributed by atoms with Crippen LogP contribution in [-0.4, -0.2) is 29.6 Å². The van der Waals surface area contributed by atoms with Crippen LogP contribution in [0.5, 0.6) is 0 Å². The molecule has 0 aliphatic heterocycles. The van der Waals surface area contributed by atoms with Crippen molar-refractivity contribution in [3.63, 3.8) is 0 Å². The largest absolute Gasteiger partial charge is 0.354 e. The van der Waals surface area contributed by atoms with Crippen molar-refractivity contribution < 1.29 is 12.8 Å². The highest BCUT2D eigenvalue weighted by atomic mass is 35.5. The zero-order valence-electron chi connectivity index (χ0n) is 15.6. The predicted octanol–water partition coefficient (Wildman–Crippen LogP) is 4.60. The number of hydrogen-bond donors (Lipinski definition) is 2. The normalized spacial score (nSPS) is 11.4. The highest BCUT2D eigenvalue weighted by molar-refractivity contribution is 7.92. The molecule has 0 fully saturated rings. The zero-order chi connectivity index (χ0) is 21.3. The molecule has 152 valence electrons. The maximum absolute atomic E-state index is 13.4. The smallest absolute Gasteiger partial charge is 0.229 e. The summed E-state index contributed by atoms with van der Waals surface area (Å²) in [6.07, 6.45) is 5.71. The van der Waals surface area contributed by atoms with Crippen molar-refractivity contribution in [3.8, 4) is 11.3 Å². The lowest BCUT2D eigenvalue weighted by Crippen LogP contribution is -2.09. The van der Waals surface area contributed by atoms with E-state index in [9.17, 15) is 12.8 Å². The third-order valence-electron chi connectivity index (χ3n) is 4.12. The first-order valence-corrected chi connectivity index (χ1v) is 11.0. The van der Waals surface area contributed by atoms with E-state index in [1.165, 1.54) is 18.3 Å². The van der Waals surface area contributed by atoms with Crippen LogP contribution in [0.1, 0.15) is 0 Å². The van der Waals surface area contributed by atoms with Crippen molar-refractivity contribution in [1.29, 1.82) is 0 Å². The fourth-order valence-corrected chi connectivity index (χ4v) is 3.59. The predicted molar refractivity (Wildman–Crippen MR) is 116 cm³/mol. The number of sulfonamides is 1. The fourth-order valence-electron chi connectivity index (χ4n) is 2.87. The zero-order valence-corrected chi connectivity index (χ0v) is 17.2. The Balaban J connectivity index is 1.74. The molecule has 0 unspecified atom stereocenters. The van der Waals surface area contributed by atoms with Gasteiger partial charge in [-0.25, -0.2) is 17.8 Å². The third-order valence-corrected chi connectivity index (χ3v) is 5.02. The van der Waals surface area contributed by atoms with Gasteiger partial charge in [0, 0.05) is 23.6 Å². The molecule has 0 saturated heterocycles. The molecule has 0 radical (unpaired) electrons. The van der Waals surface area contributed by atoms with Gasteiger partial charge in [0.2, 0.25) is 10.0 Å². The standard InChI is InChI=1S/C20H15ClFN5O2S/c1-30(28,29)27-14-8-12(10-23-11-14)17-4-5-18-20(26-17)19(6-7-24-18)25-13-2-3-16(22)15(21)9-13/h2-11,27H,1H3,(H,24,25). The number of benzene rings is 1. The van der Waals surface area contributed by atoms with E-state index in [2.05, 4.69) is 25.0 Å². The number of pyridine rings is 3. The van der Waals surface area contributed by atoms with Gasteiger partial charge in [0.15, 0.2) is 0 Å². The molecule has 4 aromatic rings. The van der Waals surface area contributed by atoms with Crippen LogP contribution in [0.2, 0.25) is 5.02 Å².